The van der Waals surface area contributed by atoms with Gasteiger partial charge in [0, 0.05) is 14.5 Å². The van der Waals surface area contributed by atoms with E-state index in [1.807, 2.05) is 0 Å². The first kappa shape index (κ1) is 18.2. The van der Waals surface area contributed by atoms with Gasteiger partial charge in [-0.3, -0.25) is 4.79 Å². The van der Waals surface area contributed by atoms with Crippen molar-refractivity contribution in [2.24, 2.45) is 5.10 Å². The van der Waals surface area contributed by atoms with Crippen LogP contribution in [0.4, 0.5) is 0 Å². The second kappa shape index (κ2) is 8.65. The molecule has 2 rings (SSSR count). The summed E-state index contributed by atoms with van der Waals surface area (Å²) in [5, 5.41) is 13.6. The monoisotopic (exact) mass is 452 g/mol. The van der Waals surface area contributed by atoms with Crippen LogP contribution in [0.1, 0.15) is 15.9 Å². The summed E-state index contributed by atoms with van der Waals surface area (Å²) in [5.74, 6) is 0.0610. The fourth-order valence-electron chi connectivity index (χ4n) is 1.80. The molecule has 2 N–H and O–H groups in total. The molecule has 0 heterocycles. The normalized spacial score (nSPS) is 10.6. The number of phenols is 1. The second-order valence-corrected chi connectivity index (χ2v) is 6.47. The summed E-state index contributed by atoms with van der Waals surface area (Å²) < 4.78 is 7.00. The average molecular weight is 454 g/mol. The smallest absolute Gasteiger partial charge is 0.275 e. The van der Waals surface area contributed by atoms with Crippen LogP contribution in [-0.2, 0) is 0 Å². The summed E-state index contributed by atoms with van der Waals surface area (Å²) in [6, 6.07) is 10.0. The maximum absolute atomic E-state index is 12.3. The Morgan fingerprint density at radius 1 is 1.25 bits per heavy atom. The van der Waals surface area contributed by atoms with Crippen LogP contribution in [0.15, 0.2) is 63.1 Å². The molecule has 0 radical (unpaired) electrons. The molecule has 0 aliphatic carbocycles. The summed E-state index contributed by atoms with van der Waals surface area (Å²) in [4.78, 5) is 12.3. The number of amides is 1. The Labute approximate surface area is 156 Å². The lowest BCUT2D eigenvalue weighted by Crippen LogP contribution is -2.19. The van der Waals surface area contributed by atoms with E-state index >= 15 is 0 Å². The summed E-state index contributed by atoms with van der Waals surface area (Å²) in [5.41, 5.74) is 3.22. The van der Waals surface area contributed by atoms with Crippen molar-refractivity contribution in [1.82, 2.24) is 5.43 Å². The first-order chi connectivity index (χ1) is 11.5. The third-order valence-electron chi connectivity index (χ3n) is 2.90. The minimum atomic E-state index is -0.430. The minimum Gasteiger partial charge on any atom is -0.507 e. The number of ether oxygens (including phenoxy) is 1. The van der Waals surface area contributed by atoms with Crippen LogP contribution in [0.3, 0.4) is 0 Å². The van der Waals surface area contributed by atoms with Gasteiger partial charge in [-0.2, -0.15) is 5.10 Å². The maximum atomic E-state index is 12.3. The van der Waals surface area contributed by atoms with E-state index in [2.05, 4.69) is 49.0 Å². The predicted octanol–water partition coefficient (Wildman–Crippen LogP) is 4.25. The van der Waals surface area contributed by atoms with E-state index in [1.165, 1.54) is 12.3 Å². The van der Waals surface area contributed by atoms with Gasteiger partial charge in [0.2, 0.25) is 0 Å². The molecular formula is C17H14Br2N2O3. The van der Waals surface area contributed by atoms with Gasteiger partial charge < -0.3 is 9.84 Å². The molecule has 0 aromatic heterocycles. The van der Waals surface area contributed by atoms with Crippen LogP contribution in [0.25, 0.3) is 0 Å². The Morgan fingerprint density at radius 2 is 1.96 bits per heavy atom. The summed E-state index contributed by atoms with van der Waals surface area (Å²) in [6.45, 7) is 3.87. The average Bonchev–Trinajstić information content (AvgIpc) is 2.56. The van der Waals surface area contributed by atoms with Gasteiger partial charge >= 0.3 is 0 Å². The molecule has 2 aromatic carbocycles. The van der Waals surface area contributed by atoms with Crippen molar-refractivity contribution in [2.75, 3.05) is 6.61 Å². The van der Waals surface area contributed by atoms with Gasteiger partial charge in [0.25, 0.3) is 5.91 Å². The van der Waals surface area contributed by atoms with E-state index in [4.69, 9.17) is 4.74 Å². The minimum absolute atomic E-state index is 0.0636. The fraction of sp³-hybridized carbons (Fsp3) is 0.0588. The van der Waals surface area contributed by atoms with Crippen molar-refractivity contribution in [1.29, 1.82) is 0 Å². The van der Waals surface area contributed by atoms with Gasteiger partial charge in [0.1, 0.15) is 18.1 Å². The molecule has 0 fully saturated rings. The number of rotatable bonds is 6. The van der Waals surface area contributed by atoms with E-state index in [1.54, 1.807) is 36.4 Å². The van der Waals surface area contributed by atoms with Gasteiger partial charge in [-0.05, 0) is 36.4 Å². The van der Waals surface area contributed by atoms with Crippen LogP contribution in [-0.4, -0.2) is 23.8 Å². The molecule has 0 spiro atoms. The molecule has 0 bridgehead atoms. The molecule has 124 valence electrons. The summed E-state index contributed by atoms with van der Waals surface area (Å²) >= 11 is 6.63. The maximum Gasteiger partial charge on any atom is 0.275 e. The number of nitrogens with zero attached hydrogens (tertiary/aromatic N) is 1. The molecule has 0 aliphatic heterocycles. The lowest BCUT2D eigenvalue weighted by molar-refractivity contribution is 0.0951. The first-order valence-corrected chi connectivity index (χ1v) is 8.45. The SMILES string of the molecule is C=CCOc1ccc(Br)cc1C(=O)NN=Cc1cc(Br)ccc1O. The van der Waals surface area contributed by atoms with Crippen LogP contribution in [0.2, 0.25) is 0 Å². The lowest BCUT2D eigenvalue weighted by atomic mass is 10.2. The van der Waals surface area contributed by atoms with E-state index in [0.29, 0.717) is 16.9 Å². The number of carbonyl (C=O) groups excluding carboxylic acids is 1. The molecule has 0 saturated carbocycles. The number of hydrogen-bond acceptors (Lipinski definition) is 4. The molecule has 2 aromatic rings. The molecule has 0 atom stereocenters. The van der Waals surface area contributed by atoms with Crippen LogP contribution in [0.5, 0.6) is 11.5 Å². The number of halogens is 2. The van der Waals surface area contributed by atoms with E-state index in [-0.39, 0.29) is 12.4 Å². The van der Waals surface area contributed by atoms with Gasteiger partial charge in [-0.15, -0.1) is 0 Å². The number of aromatic hydroxyl groups is 1. The quantitative estimate of drug-likeness (QED) is 0.390. The van der Waals surface area contributed by atoms with E-state index in [9.17, 15) is 9.90 Å². The van der Waals surface area contributed by atoms with Crippen molar-refractivity contribution < 1.29 is 14.6 Å². The Morgan fingerprint density at radius 3 is 2.71 bits per heavy atom. The highest BCUT2D eigenvalue weighted by molar-refractivity contribution is 9.10. The van der Waals surface area contributed by atoms with Crippen molar-refractivity contribution in [3.8, 4) is 11.5 Å². The van der Waals surface area contributed by atoms with Crippen LogP contribution >= 0.6 is 31.9 Å². The summed E-state index contributed by atoms with van der Waals surface area (Å²) in [6.07, 6.45) is 2.96. The van der Waals surface area contributed by atoms with E-state index < -0.39 is 5.91 Å². The van der Waals surface area contributed by atoms with Crippen molar-refractivity contribution in [3.05, 3.63) is 69.1 Å². The zero-order chi connectivity index (χ0) is 17.5. The summed E-state index contributed by atoms with van der Waals surface area (Å²) in [7, 11) is 0. The van der Waals surface area contributed by atoms with Gasteiger partial charge in [0.05, 0.1) is 11.8 Å². The molecular weight excluding hydrogens is 440 g/mol. The van der Waals surface area contributed by atoms with Crippen LogP contribution in [0, 0.1) is 0 Å². The molecule has 0 aliphatic rings. The Hall–Kier alpha value is -2.12. The molecule has 0 unspecified atom stereocenters. The molecule has 24 heavy (non-hydrogen) atoms. The third-order valence-corrected chi connectivity index (χ3v) is 3.89. The number of benzene rings is 2. The van der Waals surface area contributed by atoms with Crippen molar-refractivity contribution >= 4 is 44.0 Å². The van der Waals surface area contributed by atoms with Gasteiger partial charge in [-0.1, -0.05) is 44.5 Å². The van der Waals surface area contributed by atoms with Gasteiger partial charge in [-0.25, -0.2) is 5.43 Å². The molecule has 0 saturated heterocycles. The Kier molecular flexibility index (Phi) is 6.57. The molecule has 7 heteroatoms. The highest BCUT2D eigenvalue weighted by Crippen LogP contribution is 2.23. The first-order valence-electron chi connectivity index (χ1n) is 6.86. The predicted molar refractivity (Wildman–Crippen MR) is 101 cm³/mol. The number of phenolic OH excluding ortho intramolecular Hbond substituents is 1. The lowest BCUT2D eigenvalue weighted by Gasteiger charge is -2.09. The number of hydrogen-bond donors (Lipinski definition) is 2. The molecule has 5 nitrogen and oxygen atoms in total. The molecule has 1 amide bonds. The topological polar surface area (TPSA) is 70.9 Å². The zero-order valence-electron chi connectivity index (χ0n) is 12.5. The van der Waals surface area contributed by atoms with E-state index in [0.717, 1.165) is 8.95 Å². The van der Waals surface area contributed by atoms with Crippen molar-refractivity contribution in [2.45, 2.75) is 0 Å². The second-order valence-electron chi connectivity index (χ2n) is 4.64. The highest BCUT2D eigenvalue weighted by Gasteiger charge is 2.12. The zero-order valence-corrected chi connectivity index (χ0v) is 15.7. The fourth-order valence-corrected chi connectivity index (χ4v) is 2.54. The highest BCUT2D eigenvalue weighted by atomic mass is 79.9. The Balaban J connectivity index is 2.14. The van der Waals surface area contributed by atoms with Crippen LogP contribution < -0.4 is 10.2 Å². The largest absolute Gasteiger partial charge is 0.507 e. The van der Waals surface area contributed by atoms with Gasteiger partial charge in [0.15, 0.2) is 0 Å². The number of carbonyl (C=O) groups is 1. The standard InChI is InChI=1S/C17H14Br2N2O3/c1-2-7-24-16-6-4-13(19)9-14(16)17(23)21-20-10-11-8-12(18)3-5-15(11)22/h2-6,8-10,22H,1,7H2,(H,21,23). The number of hydrazone groups is 1. The third kappa shape index (κ3) is 4.94. The number of nitrogens with one attached hydrogen (secondary N) is 1. The van der Waals surface area contributed by atoms with Crippen molar-refractivity contribution in [3.63, 3.8) is 0 Å². The Bertz CT molecular complexity index is 791.